The third-order valence-electron chi connectivity index (χ3n) is 3.84. The Hall–Kier alpha value is -3.08. The molecule has 5 nitrogen and oxygen atoms in total. The van der Waals surface area contributed by atoms with E-state index in [9.17, 15) is 9.59 Å². The van der Waals surface area contributed by atoms with Gasteiger partial charge < -0.3 is 9.72 Å². The fourth-order valence-electron chi connectivity index (χ4n) is 2.58. The van der Waals surface area contributed by atoms with Gasteiger partial charge in [0.15, 0.2) is 0 Å². The Labute approximate surface area is 139 Å². The van der Waals surface area contributed by atoms with Crippen LogP contribution in [-0.2, 0) is 11.3 Å². The highest BCUT2D eigenvalue weighted by atomic mass is 16.5. The molecule has 0 saturated carbocycles. The first-order valence-corrected chi connectivity index (χ1v) is 7.65. The highest BCUT2D eigenvalue weighted by Crippen LogP contribution is 2.24. The molecule has 0 unspecified atom stereocenters. The van der Waals surface area contributed by atoms with Crippen molar-refractivity contribution in [3.05, 3.63) is 75.6 Å². The van der Waals surface area contributed by atoms with Crippen molar-refractivity contribution in [2.75, 3.05) is 5.32 Å². The lowest BCUT2D eigenvalue weighted by atomic mass is 10.1. The van der Waals surface area contributed by atoms with Crippen molar-refractivity contribution in [3.63, 3.8) is 0 Å². The van der Waals surface area contributed by atoms with Crippen molar-refractivity contribution < 1.29 is 9.53 Å². The minimum atomic E-state index is -0.511. The summed E-state index contributed by atoms with van der Waals surface area (Å²) in [4.78, 5) is 26.4. The minimum absolute atomic E-state index is 0.137. The molecule has 0 spiro atoms. The fraction of sp³-hybridized carbons (Fsp3) is 0.158. The molecule has 1 heterocycles. The molecular weight excluding hydrogens is 304 g/mol. The van der Waals surface area contributed by atoms with Crippen LogP contribution in [0.15, 0.2) is 53.3 Å². The molecule has 3 aromatic rings. The Morgan fingerprint density at radius 3 is 2.58 bits per heavy atom. The van der Waals surface area contributed by atoms with E-state index < -0.39 is 6.09 Å². The molecule has 122 valence electrons. The van der Waals surface area contributed by atoms with Crippen molar-refractivity contribution >= 4 is 22.7 Å². The molecule has 5 heteroatoms. The predicted octanol–water partition coefficient (Wildman–Crippen LogP) is 3.89. The summed E-state index contributed by atoms with van der Waals surface area (Å²) in [6.45, 7) is 3.95. The molecule has 0 bridgehead atoms. The Kier molecular flexibility index (Phi) is 4.33. The molecule has 2 aromatic carbocycles. The molecule has 0 aliphatic heterocycles. The van der Waals surface area contributed by atoms with Gasteiger partial charge in [-0.2, -0.15) is 0 Å². The fourth-order valence-corrected chi connectivity index (χ4v) is 2.58. The van der Waals surface area contributed by atoms with Gasteiger partial charge in [-0.1, -0.05) is 30.3 Å². The maximum Gasteiger partial charge on any atom is 0.411 e. The molecule has 24 heavy (non-hydrogen) atoms. The van der Waals surface area contributed by atoms with E-state index in [1.165, 1.54) is 6.07 Å². The second-order valence-corrected chi connectivity index (χ2v) is 5.72. The van der Waals surface area contributed by atoms with Gasteiger partial charge in [-0.25, -0.2) is 4.79 Å². The standard InChI is InChI=1S/C19H18N2O3/c1-12-9-18(22)20-17-8-13(2)16(10-15(12)17)21-19(23)24-11-14-6-4-3-5-7-14/h3-10H,11H2,1-2H3,(H,20,22)(H,21,23). The van der Waals surface area contributed by atoms with Crippen LogP contribution in [-0.4, -0.2) is 11.1 Å². The molecule has 0 saturated heterocycles. The number of carbonyl (C=O) groups is 1. The SMILES string of the molecule is Cc1cc2[nH]c(=O)cc(C)c2cc1NC(=O)OCc1ccccc1. The predicted molar refractivity (Wildman–Crippen MR) is 94.3 cm³/mol. The highest BCUT2D eigenvalue weighted by Gasteiger charge is 2.09. The van der Waals surface area contributed by atoms with Crippen LogP contribution in [0, 0.1) is 13.8 Å². The number of aryl methyl sites for hydroxylation is 2. The number of nitrogens with one attached hydrogen (secondary N) is 2. The number of fused-ring (bicyclic) bond motifs is 1. The van der Waals surface area contributed by atoms with Crippen molar-refractivity contribution in [1.29, 1.82) is 0 Å². The van der Waals surface area contributed by atoms with E-state index in [0.29, 0.717) is 5.69 Å². The number of hydrogen-bond acceptors (Lipinski definition) is 3. The number of pyridine rings is 1. The number of amides is 1. The average Bonchev–Trinajstić information content (AvgIpc) is 2.55. The van der Waals surface area contributed by atoms with Gasteiger partial charge in [-0.15, -0.1) is 0 Å². The summed E-state index contributed by atoms with van der Waals surface area (Å²) in [7, 11) is 0. The number of hydrogen-bond donors (Lipinski definition) is 2. The van der Waals surface area contributed by atoms with Crippen LogP contribution in [0.3, 0.4) is 0 Å². The summed E-state index contributed by atoms with van der Waals surface area (Å²) in [5.41, 5.74) is 3.91. The molecule has 1 amide bonds. The zero-order chi connectivity index (χ0) is 17.1. The third kappa shape index (κ3) is 3.46. The topological polar surface area (TPSA) is 71.2 Å². The number of benzene rings is 2. The number of carbonyl (C=O) groups excluding carboxylic acids is 1. The Morgan fingerprint density at radius 2 is 1.83 bits per heavy atom. The van der Waals surface area contributed by atoms with Gasteiger partial charge in [0.1, 0.15) is 6.61 Å². The van der Waals surface area contributed by atoms with Crippen LogP contribution in [0.5, 0.6) is 0 Å². The first-order valence-electron chi connectivity index (χ1n) is 7.65. The van der Waals surface area contributed by atoms with Crippen LogP contribution >= 0.6 is 0 Å². The smallest absolute Gasteiger partial charge is 0.411 e. The zero-order valence-corrected chi connectivity index (χ0v) is 13.6. The van der Waals surface area contributed by atoms with Gasteiger partial charge in [-0.3, -0.25) is 10.1 Å². The molecule has 2 N–H and O–H groups in total. The van der Waals surface area contributed by atoms with Crippen molar-refractivity contribution in [1.82, 2.24) is 4.98 Å². The van der Waals surface area contributed by atoms with Crippen molar-refractivity contribution in [3.8, 4) is 0 Å². The van der Waals surface area contributed by atoms with E-state index in [1.807, 2.05) is 56.3 Å². The highest BCUT2D eigenvalue weighted by molar-refractivity contribution is 5.92. The van der Waals surface area contributed by atoms with E-state index in [2.05, 4.69) is 10.3 Å². The number of aromatic nitrogens is 1. The maximum atomic E-state index is 12.0. The molecule has 0 atom stereocenters. The lowest BCUT2D eigenvalue weighted by Gasteiger charge is -2.11. The average molecular weight is 322 g/mol. The Bertz CT molecular complexity index is 946. The minimum Gasteiger partial charge on any atom is -0.444 e. The summed E-state index contributed by atoms with van der Waals surface area (Å²) in [5, 5.41) is 3.65. The second-order valence-electron chi connectivity index (χ2n) is 5.72. The number of rotatable bonds is 3. The molecule has 0 aliphatic carbocycles. The quantitative estimate of drug-likeness (QED) is 0.768. The van der Waals surface area contributed by atoms with E-state index in [-0.39, 0.29) is 12.2 Å². The molecule has 0 aliphatic rings. The first kappa shape index (κ1) is 15.8. The van der Waals surface area contributed by atoms with E-state index in [4.69, 9.17) is 4.74 Å². The lowest BCUT2D eigenvalue weighted by Crippen LogP contribution is -2.14. The van der Waals surface area contributed by atoms with Gasteiger partial charge in [0, 0.05) is 22.7 Å². The first-order chi connectivity index (χ1) is 11.5. The third-order valence-corrected chi connectivity index (χ3v) is 3.84. The van der Waals surface area contributed by atoms with Crippen molar-refractivity contribution in [2.24, 2.45) is 0 Å². The van der Waals surface area contributed by atoms with Gasteiger partial charge in [0.05, 0.1) is 0 Å². The van der Waals surface area contributed by atoms with Crippen molar-refractivity contribution in [2.45, 2.75) is 20.5 Å². The molecule has 0 fully saturated rings. The summed E-state index contributed by atoms with van der Waals surface area (Å²) in [6.07, 6.45) is -0.511. The van der Waals surface area contributed by atoms with Gasteiger partial charge >= 0.3 is 6.09 Å². The summed E-state index contributed by atoms with van der Waals surface area (Å²) in [6, 6.07) is 14.7. The monoisotopic (exact) mass is 322 g/mol. The van der Waals surface area contributed by atoms with Crippen LogP contribution in [0.1, 0.15) is 16.7 Å². The van der Waals surface area contributed by atoms with E-state index >= 15 is 0 Å². The summed E-state index contributed by atoms with van der Waals surface area (Å²) >= 11 is 0. The lowest BCUT2D eigenvalue weighted by molar-refractivity contribution is 0.155. The van der Waals surface area contributed by atoms with Gasteiger partial charge in [-0.05, 0) is 42.7 Å². The molecule has 1 aromatic heterocycles. The number of aromatic amines is 1. The van der Waals surface area contributed by atoms with Crippen LogP contribution in [0.4, 0.5) is 10.5 Å². The van der Waals surface area contributed by atoms with E-state index in [0.717, 1.165) is 27.6 Å². The van der Waals surface area contributed by atoms with Gasteiger partial charge in [0.2, 0.25) is 5.56 Å². The normalized spacial score (nSPS) is 10.6. The number of anilines is 1. The second kappa shape index (κ2) is 6.58. The molecule has 3 rings (SSSR count). The van der Waals surface area contributed by atoms with Gasteiger partial charge in [0.25, 0.3) is 0 Å². The maximum absolute atomic E-state index is 12.0. The van der Waals surface area contributed by atoms with Crippen LogP contribution in [0.2, 0.25) is 0 Å². The van der Waals surface area contributed by atoms with E-state index in [1.54, 1.807) is 0 Å². The molecular formula is C19H18N2O3. The Balaban J connectivity index is 1.78. The Morgan fingerprint density at radius 1 is 1.08 bits per heavy atom. The molecule has 0 radical (unpaired) electrons. The zero-order valence-electron chi connectivity index (χ0n) is 13.6. The van der Waals surface area contributed by atoms with Crippen LogP contribution < -0.4 is 10.9 Å². The van der Waals surface area contributed by atoms with Crippen LogP contribution in [0.25, 0.3) is 10.9 Å². The number of ether oxygens (including phenoxy) is 1. The summed E-state index contributed by atoms with van der Waals surface area (Å²) in [5.74, 6) is 0. The largest absolute Gasteiger partial charge is 0.444 e. The number of H-pyrrole nitrogens is 1. The summed E-state index contributed by atoms with van der Waals surface area (Å²) < 4.78 is 5.24.